The lowest BCUT2D eigenvalue weighted by Crippen LogP contribution is -2.57. The van der Waals surface area contributed by atoms with E-state index in [2.05, 4.69) is 21.3 Å². The van der Waals surface area contributed by atoms with Gasteiger partial charge >= 0.3 is 6.09 Å². The number of halogens is 1. The van der Waals surface area contributed by atoms with Gasteiger partial charge in [-0.05, 0) is 33.8 Å². The van der Waals surface area contributed by atoms with E-state index in [1.165, 1.54) is 0 Å². The van der Waals surface area contributed by atoms with Gasteiger partial charge in [-0.2, -0.15) is 0 Å². The standard InChI is InChI=1S/C20H30N4O3.HI/c1-5-26-17-9-7-6-8-15(17)12-21-18-22-13-16-14-23(10-11-24(16)18)19(25)27-20(2,3)4;/h6-9,16H,5,10-14H2,1-4H3,(H,21,22);1H. The van der Waals surface area contributed by atoms with Crippen LogP contribution in [0.15, 0.2) is 29.3 Å². The molecule has 1 aromatic carbocycles. The molecule has 0 aromatic heterocycles. The van der Waals surface area contributed by atoms with Crippen LogP contribution >= 0.6 is 24.0 Å². The number of carbonyl (C=O) groups excluding carboxylic acids is 1. The number of ether oxygens (including phenoxy) is 2. The number of para-hydroxylation sites is 1. The molecule has 0 saturated carbocycles. The molecule has 1 atom stereocenters. The minimum absolute atomic E-state index is 0. The first kappa shape index (κ1) is 22.6. The largest absolute Gasteiger partial charge is 0.494 e. The molecule has 8 heteroatoms. The Bertz CT molecular complexity index is 705. The van der Waals surface area contributed by atoms with E-state index in [0.717, 1.165) is 23.8 Å². The molecule has 3 rings (SSSR count). The lowest BCUT2D eigenvalue weighted by Gasteiger charge is -2.39. The molecule has 1 aromatic rings. The van der Waals surface area contributed by atoms with Crippen molar-refractivity contribution < 1.29 is 14.3 Å². The number of hydrogen-bond donors (Lipinski definition) is 1. The highest BCUT2D eigenvalue weighted by Crippen LogP contribution is 2.20. The third kappa shape index (κ3) is 5.65. The smallest absolute Gasteiger partial charge is 0.410 e. The van der Waals surface area contributed by atoms with E-state index >= 15 is 0 Å². The minimum atomic E-state index is -0.471. The Balaban J connectivity index is 0.00000280. The Morgan fingerprint density at radius 1 is 1.29 bits per heavy atom. The number of fused-ring (bicyclic) bond motifs is 1. The zero-order valence-electron chi connectivity index (χ0n) is 17.1. The summed E-state index contributed by atoms with van der Waals surface area (Å²) in [5, 5.41) is 3.44. The van der Waals surface area contributed by atoms with E-state index in [1.807, 2.05) is 45.9 Å². The molecule has 1 amide bonds. The number of nitrogens with zero attached hydrogens (tertiary/aromatic N) is 3. The van der Waals surface area contributed by atoms with E-state index in [-0.39, 0.29) is 36.1 Å². The Labute approximate surface area is 184 Å². The van der Waals surface area contributed by atoms with Crippen LogP contribution in [0.2, 0.25) is 0 Å². The van der Waals surface area contributed by atoms with E-state index in [4.69, 9.17) is 9.47 Å². The monoisotopic (exact) mass is 502 g/mol. The van der Waals surface area contributed by atoms with Crippen LogP contribution in [0.25, 0.3) is 0 Å². The minimum Gasteiger partial charge on any atom is -0.494 e. The SMILES string of the molecule is CCOc1ccccc1CNC1=NCC2CN(C(=O)OC(C)(C)C)CCN12.I. The number of amides is 1. The fourth-order valence-electron chi connectivity index (χ4n) is 3.34. The van der Waals surface area contributed by atoms with Gasteiger partial charge in [-0.15, -0.1) is 24.0 Å². The molecule has 1 fully saturated rings. The molecule has 0 bridgehead atoms. The first-order valence-electron chi connectivity index (χ1n) is 9.61. The van der Waals surface area contributed by atoms with E-state index in [9.17, 15) is 4.79 Å². The molecule has 1 N–H and O–H groups in total. The molecule has 0 aliphatic carbocycles. The van der Waals surface area contributed by atoms with Gasteiger partial charge in [0, 0.05) is 31.7 Å². The summed E-state index contributed by atoms with van der Waals surface area (Å²) in [4.78, 5) is 21.0. The van der Waals surface area contributed by atoms with Crippen LogP contribution in [0.5, 0.6) is 5.75 Å². The molecule has 0 spiro atoms. The van der Waals surface area contributed by atoms with Crippen molar-refractivity contribution in [2.24, 2.45) is 4.99 Å². The van der Waals surface area contributed by atoms with Gasteiger partial charge in [-0.1, -0.05) is 18.2 Å². The number of hydrogen-bond acceptors (Lipinski definition) is 6. The zero-order chi connectivity index (χ0) is 19.4. The van der Waals surface area contributed by atoms with Crippen LogP contribution < -0.4 is 10.1 Å². The van der Waals surface area contributed by atoms with Crippen molar-refractivity contribution in [2.75, 3.05) is 32.8 Å². The number of nitrogens with one attached hydrogen (secondary N) is 1. The summed E-state index contributed by atoms with van der Waals surface area (Å²) >= 11 is 0. The Kier molecular flexibility index (Phi) is 7.79. The first-order valence-corrected chi connectivity index (χ1v) is 9.61. The van der Waals surface area contributed by atoms with Crippen molar-refractivity contribution in [2.45, 2.75) is 45.9 Å². The first-order chi connectivity index (χ1) is 12.9. The highest BCUT2D eigenvalue weighted by Gasteiger charge is 2.36. The second kappa shape index (κ2) is 9.67. The van der Waals surface area contributed by atoms with E-state index in [1.54, 1.807) is 4.90 Å². The molecule has 7 nitrogen and oxygen atoms in total. The van der Waals surface area contributed by atoms with Crippen molar-refractivity contribution in [3.63, 3.8) is 0 Å². The maximum absolute atomic E-state index is 12.3. The molecular formula is C20H31IN4O3. The highest BCUT2D eigenvalue weighted by atomic mass is 127. The highest BCUT2D eigenvalue weighted by molar-refractivity contribution is 14.0. The van der Waals surface area contributed by atoms with Gasteiger partial charge in [0.15, 0.2) is 5.96 Å². The summed E-state index contributed by atoms with van der Waals surface area (Å²) in [7, 11) is 0. The summed E-state index contributed by atoms with van der Waals surface area (Å²) < 4.78 is 11.2. The third-order valence-corrected chi connectivity index (χ3v) is 4.57. The van der Waals surface area contributed by atoms with Gasteiger partial charge < -0.3 is 24.6 Å². The predicted octanol–water partition coefficient (Wildman–Crippen LogP) is 3.08. The summed E-state index contributed by atoms with van der Waals surface area (Å²) in [5.74, 6) is 1.80. The van der Waals surface area contributed by atoms with E-state index < -0.39 is 5.60 Å². The number of piperazine rings is 1. The number of benzene rings is 1. The fraction of sp³-hybridized carbons (Fsp3) is 0.600. The van der Waals surface area contributed by atoms with Crippen molar-refractivity contribution >= 4 is 36.0 Å². The average Bonchev–Trinajstić information content (AvgIpc) is 3.02. The molecule has 2 aliphatic heterocycles. The quantitative estimate of drug-likeness (QED) is 0.642. The molecule has 2 heterocycles. The second-order valence-corrected chi connectivity index (χ2v) is 7.83. The number of rotatable bonds is 4. The van der Waals surface area contributed by atoms with Crippen molar-refractivity contribution in [3.05, 3.63) is 29.8 Å². The van der Waals surface area contributed by atoms with Gasteiger partial charge in [0.05, 0.1) is 19.2 Å². The maximum Gasteiger partial charge on any atom is 0.410 e. The van der Waals surface area contributed by atoms with Gasteiger partial charge in [0.1, 0.15) is 11.4 Å². The van der Waals surface area contributed by atoms with Gasteiger partial charge in [0.2, 0.25) is 0 Å². The number of guanidine groups is 1. The van der Waals surface area contributed by atoms with Crippen LogP contribution in [-0.4, -0.2) is 66.3 Å². The van der Waals surface area contributed by atoms with Crippen LogP contribution in [0, 0.1) is 0 Å². The Hall–Kier alpha value is -1.71. The summed E-state index contributed by atoms with van der Waals surface area (Å²) in [6.07, 6.45) is -0.241. The van der Waals surface area contributed by atoms with E-state index in [0.29, 0.717) is 32.8 Å². The fourth-order valence-corrected chi connectivity index (χ4v) is 3.34. The second-order valence-electron chi connectivity index (χ2n) is 7.83. The number of aliphatic imine (C=N–C) groups is 1. The molecule has 1 saturated heterocycles. The molecular weight excluding hydrogens is 471 g/mol. The molecule has 2 aliphatic rings. The lowest BCUT2D eigenvalue weighted by molar-refractivity contribution is 0.0137. The maximum atomic E-state index is 12.3. The molecule has 0 radical (unpaired) electrons. The Morgan fingerprint density at radius 3 is 2.75 bits per heavy atom. The topological polar surface area (TPSA) is 66.4 Å². The van der Waals surface area contributed by atoms with Crippen LogP contribution in [0.1, 0.15) is 33.3 Å². The average molecular weight is 502 g/mol. The zero-order valence-corrected chi connectivity index (χ0v) is 19.4. The Morgan fingerprint density at radius 2 is 2.04 bits per heavy atom. The lowest BCUT2D eigenvalue weighted by atomic mass is 10.2. The van der Waals surface area contributed by atoms with Crippen molar-refractivity contribution in [1.82, 2.24) is 15.1 Å². The normalized spacial score (nSPS) is 18.7. The van der Waals surface area contributed by atoms with Crippen molar-refractivity contribution in [1.29, 1.82) is 0 Å². The van der Waals surface area contributed by atoms with Gasteiger partial charge in [-0.25, -0.2) is 4.79 Å². The molecule has 1 unspecified atom stereocenters. The molecule has 156 valence electrons. The summed E-state index contributed by atoms with van der Waals surface area (Å²) in [5.41, 5.74) is 0.638. The predicted molar refractivity (Wildman–Crippen MR) is 120 cm³/mol. The summed E-state index contributed by atoms with van der Waals surface area (Å²) in [6, 6.07) is 8.24. The van der Waals surface area contributed by atoms with Gasteiger partial charge in [-0.3, -0.25) is 4.99 Å². The van der Waals surface area contributed by atoms with Crippen molar-refractivity contribution in [3.8, 4) is 5.75 Å². The summed E-state index contributed by atoms with van der Waals surface area (Å²) in [6.45, 7) is 11.7. The number of carbonyl (C=O) groups is 1. The third-order valence-electron chi connectivity index (χ3n) is 4.57. The van der Waals surface area contributed by atoms with Crippen LogP contribution in [0.3, 0.4) is 0 Å². The van der Waals surface area contributed by atoms with Crippen LogP contribution in [-0.2, 0) is 11.3 Å². The van der Waals surface area contributed by atoms with Crippen LogP contribution in [0.4, 0.5) is 4.79 Å². The molecule has 28 heavy (non-hydrogen) atoms. The van der Waals surface area contributed by atoms with Gasteiger partial charge in [0.25, 0.3) is 0 Å².